The molecule has 0 unspecified atom stereocenters. The van der Waals surface area contributed by atoms with Crippen LogP contribution < -0.4 is 10.5 Å². The topological polar surface area (TPSA) is 95.7 Å². The molecule has 1 aliphatic heterocycles. The van der Waals surface area contributed by atoms with Crippen LogP contribution in [-0.2, 0) is 24.5 Å². The number of hydrogen-bond donors (Lipinski definition) is 1. The van der Waals surface area contributed by atoms with Gasteiger partial charge in [-0.15, -0.1) is 0 Å². The predicted octanol–water partition coefficient (Wildman–Crippen LogP) is 2.43. The monoisotopic (exact) mass is 339 g/mol. The number of para-hydroxylation sites is 2. The molecule has 0 aromatic heterocycles. The number of benzene rings is 2. The maximum absolute atomic E-state index is 13.0. The number of amides is 1. The molecule has 0 fully saturated rings. The number of primary amides is 1. The van der Waals surface area contributed by atoms with Crippen molar-refractivity contribution in [3.05, 3.63) is 59.7 Å². The van der Waals surface area contributed by atoms with Crippen molar-refractivity contribution >= 4 is 17.8 Å². The summed E-state index contributed by atoms with van der Waals surface area (Å²) in [4.78, 5) is 37.4. The highest BCUT2D eigenvalue weighted by Gasteiger charge is 2.55. The first-order valence-electron chi connectivity index (χ1n) is 7.93. The molecule has 25 heavy (non-hydrogen) atoms. The minimum Gasteiger partial charge on any atom is -0.457 e. The second-order valence-electron chi connectivity index (χ2n) is 5.72. The Bertz CT molecular complexity index is 813. The summed E-state index contributed by atoms with van der Waals surface area (Å²) in [5.41, 5.74) is 4.26. The van der Waals surface area contributed by atoms with Crippen molar-refractivity contribution in [2.24, 2.45) is 5.73 Å². The third kappa shape index (κ3) is 2.55. The first-order chi connectivity index (χ1) is 12.0. The number of ether oxygens (including phenoxy) is 2. The van der Waals surface area contributed by atoms with Crippen LogP contribution in [-0.4, -0.2) is 17.8 Å². The van der Waals surface area contributed by atoms with Crippen LogP contribution in [0.2, 0.25) is 0 Å². The van der Waals surface area contributed by atoms with E-state index in [1.165, 1.54) is 0 Å². The van der Waals surface area contributed by atoms with E-state index >= 15 is 0 Å². The summed E-state index contributed by atoms with van der Waals surface area (Å²) >= 11 is 0. The molecule has 0 radical (unpaired) electrons. The number of fused-ring (bicyclic) bond motifs is 2. The lowest BCUT2D eigenvalue weighted by Gasteiger charge is -2.35. The van der Waals surface area contributed by atoms with Gasteiger partial charge < -0.3 is 15.2 Å². The van der Waals surface area contributed by atoms with Crippen molar-refractivity contribution in [2.75, 3.05) is 0 Å². The van der Waals surface area contributed by atoms with Gasteiger partial charge in [-0.25, -0.2) is 4.79 Å². The molecule has 1 amide bonds. The first kappa shape index (κ1) is 16.7. The molecule has 0 aliphatic carbocycles. The van der Waals surface area contributed by atoms with E-state index in [-0.39, 0.29) is 17.5 Å². The van der Waals surface area contributed by atoms with Gasteiger partial charge in [-0.2, -0.15) is 0 Å². The van der Waals surface area contributed by atoms with Crippen molar-refractivity contribution in [1.82, 2.24) is 0 Å². The molecule has 1 heterocycles. The van der Waals surface area contributed by atoms with Crippen molar-refractivity contribution in [3.63, 3.8) is 0 Å². The SMILES string of the molecule is CCCC(=O)OC(=O)C1(C(N)=O)c2ccccc2Oc2ccccc21. The molecule has 0 atom stereocenters. The van der Waals surface area contributed by atoms with Gasteiger partial charge in [0.15, 0.2) is 0 Å². The fourth-order valence-electron chi connectivity index (χ4n) is 3.02. The van der Waals surface area contributed by atoms with Crippen molar-refractivity contribution < 1.29 is 23.9 Å². The zero-order valence-corrected chi connectivity index (χ0v) is 13.7. The van der Waals surface area contributed by atoms with E-state index in [0.29, 0.717) is 17.9 Å². The number of hydrogen-bond acceptors (Lipinski definition) is 5. The van der Waals surface area contributed by atoms with Crippen LogP contribution >= 0.6 is 0 Å². The van der Waals surface area contributed by atoms with Gasteiger partial charge in [0.25, 0.3) is 0 Å². The zero-order chi connectivity index (χ0) is 18.0. The molecular weight excluding hydrogens is 322 g/mol. The zero-order valence-electron chi connectivity index (χ0n) is 13.7. The Morgan fingerprint density at radius 1 is 1.00 bits per heavy atom. The Morgan fingerprint density at radius 2 is 1.52 bits per heavy atom. The number of rotatable bonds is 4. The summed E-state index contributed by atoms with van der Waals surface area (Å²) in [6, 6.07) is 13.2. The summed E-state index contributed by atoms with van der Waals surface area (Å²) in [5, 5.41) is 0. The van der Waals surface area contributed by atoms with Gasteiger partial charge >= 0.3 is 11.9 Å². The largest absolute Gasteiger partial charge is 0.457 e. The van der Waals surface area contributed by atoms with Gasteiger partial charge in [0.05, 0.1) is 0 Å². The Balaban J connectivity index is 2.23. The van der Waals surface area contributed by atoms with E-state index in [1.54, 1.807) is 55.5 Å². The van der Waals surface area contributed by atoms with Crippen LogP contribution in [0.1, 0.15) is 30.9 Å². The molecule has 0 bridgehead atoms. The van der Waals surface area contributed by atoms with Crippen LogP contribution in [0.5, 0.6) is 11.5 Å². The second kappa shape index (κ2) is 6.39. The van der Waals surface area contributed by atoms with Crippen molar-refractivity contribution in [2.45, 2.75) is 25.2 Å². The highest BCUT2D eigenvalue weighted by molar-refractivity contribution is 6.15. The van der Waals surface area contributed by atoms with E-state index in [2.05, 4.69) is 0 Å². The van der Waals surface area contributed by atoms with E-state index < -0.39 is 23.3 Å². The third-order valence-corrected chi connectivity index (χ3v) is 4.14. The van der Waals surface area contributed by atoms with Gasteiger partial charge in [-0.1, -0.05) is 43.3 Å². The molecule has 0 saturated carbocycles. The molecule has 6 heteroatoms. The maximum atomic E-state index is 13.0. The molecule has 2 N–H and O–H groups in total. The second-order valence-corrected chi connectivity index (χ2v) is 5.72. The minimum absolute atomic E-state index is 0.0698. The standard InChI is InChI=1S/C19H17NO5/c1-2-7-16(21)25-18(23)19(17(20)22)12-8-3-5-10-14(12)24-15-11-6-4-9-13(15)19/h3-6,8-11H,2,7H2,1H3,(H2,20,22). The predicted molar refractivity (Wildman–Crippen MR) is 88.9 cm³/mol. The van der Waals surface area contributed by atoms with Crippen LogP contribution in [0.4, 0.5) is 0 Å². The van der Waals surface area contributed by atoms with Gasteiger partial charge in [0, 0.05) is 17.5 Å². The van der Waals surface area contributed by atoms with Crippen molar-refractivity contribution in [1.29, 1.82) is 0 Å². The maximum Gasteiger partial charge on any atom is 0.338 e. The Hall–Kier alpha value is -3.15. The average molecular weight is 339 g/mol. The lowest BCUT2D eigenvalue weighted by Crippen LogP contribution is -2.51. The molecule has 128 valence electrons. The van der Waals surface area contributed by atoms with Crippen LogP contribution in [0.3, 0.4) is 0 Å². The number of carbonyl (C=O) groups is 3. The van der Waals surface area contributed by atoms with Crippen LogP contribution in [0.15, 0.2) is 48.5 Å². The summed E-state index contributed by atoms with van der Waals surface area (Å²) in [5.74, 6) is -2.00. The summed E-state index contributed by atoms with van der Waals surface area (Å²) in [6.07, 6.45) is 0.590. The van der Waals surface area contributed by atoms with Gasteiger partial charge in [0.2, 0.25) is 11.3 Å². The fraction of sp³-hybridized carbons (Fsp3) is 0.211. The van der Waals surface area contributed by atoms with E-state index in [0.717, 1.165) is 0 Å². The molecule has 2 aromatic carbocycles. The highest BCUT2D eigenvalue weighted by Crippen LogP contribution is 2.48. The fourth-order valence-corrected chi connectivity index (χ4v) is 3.02. The molecule has 2 aromatic rings. The smallest absolute Gasteiger partial charge is 0.338 e. The quantitative estimate of drug-likeness (QED) is 0.682. The molecule has 0 saturated heterocycles. The summed E-state index contributed by atoms with van der Waals surface area (Å²) in [6.45, 7) is 1.79. The lowest BCUT2D eigenvalue weighted by atomic mass is 9.71. The Kier molecular flexibility index (Phi) is 4.27. The van der Waals surface area contributed by atoms with E-state index in [9.17, 15) is 14.4 Å². The van der Waals surface area contributed by atoms with Gasteiger partial charge in [0.1, 0.15) is 11.5 Å². The average Bonchev–Trinajstić information content (AvgIpc) is 2.59. The summed E-state index contributed by atoms with van der Waals surface area (Å²) in [7, 11) is 0. The molecular formula is C19H17NO5. The Morgan fingerprint density at radius 3 is 2.00 bits per heavy atom. The van der Waals surface area contributed by atoms with Crippen LogP contribution in [0.25, 0.3) is 0 Å². The third-order valence-electron chi connectivity index (χ3n) is 4.14. The van der Waals surface area contributed by atoms with Gasteiger partial charge in [-0.3, -0.25) is 9.59 Å². The Labute approximate surface area is 144 Å². The lowest BCUT2D eigenvalue weighted by molar-refractivity contribution is -0.164. The normalized spacial score (nSPS) is 13.8. The van der Waals surface area contributed by atoms with E-state index in [1.807, 2.05) is 0 Å². The molecule has 0 spiro atoms. The van der Waals surface area contributed by atoms with Crippen LogP contribution in [0, 0.1) is 0 Å². The number of esters is 2. The van der Waals surface area contributed by atoms with Gasteiger partial charge in [-0.05, 0) is 18.6 Å². The highest BCUT2D eigenvalue weighted by atomic mass is 16.6. The number of nitrogens with two attached hydrogens (primary N) is 1. The minimum atomic E-state index is -1.94. The van der Waals surface area contributed by atoms with E-state index in [4.69, 9.17) is 15.2 Å². The summed E-state index contributed by atoms with van der Waals surface area (Å²) < 4.78 is 10.8. The number of carbonyl (C=O) groups excluding carboxylic acids is 3. The molecule has 1 aliphatic rings. The van der Waals surface area contributed by atoms with Crippen molar-refractivity contribution in [3.8, 4) is 11.5 Å². The first-order valence-corrected chi connectivity index (χ1v) is 7.93. The molecule has 6 nitrogen and oxygen atoms in total. The molecule has 3 rings (SSSR count).